The van der Waals surface area contributed by atoms with Crippen LogP contribution in [0, 0.1) is 0 Å². The van der Waals surface area contributed by atoms with E-state index in [4.69, 9.17) is 9.56 Å². The Labute approximate surface area is 130 Å². The molecule has 2 heterocycles. The summed E-state index contributed by atoms with van der Waals surface area (Å²) < 4.78 is 28.3. The first-order chi connectivity index (χ1) is 10.4. The highest BCUT2D eigenvalue weighted by molar-refractivity contribution is 7.89. The molecule has 0 fully saturated rings. The predicted octanol–water partition coefficient (Wildman–Crippen LogP) is 2.07. The molecule has 22 heavy (non-hydrogen) atoms. The van der Waals surface area contributed by atoms with Crippen molar-refractivity contribution in [2.75, 3.05) is 0 Å². The van der Waals surface area contributed by atoms with E-state index in [1.54, 1.807) is 11.3 Å². The summed E-state index contributed by atoms with van der Waals surface area (Å²) in [7, 11) is -3.95. The normalized spacial score (nSPS) is 11.7. The first-order valence-electron chi connectivity index (χ1n) is 6.31. The van der Waals surface area contributed by atoms with Crippen molar-refractivity contribution in [3.05, 3.63) is 53.1 Å². The maximum Gasteiger partial charge on any atom is 0.287 e. The van der Waals surface area contributed by atoms with E-state index in [1.807, 2.05) is 29.6 Å². The summed E-state index contributed by atoms with van der Waals surface area (Å²) in [6, 6.07) is 10.3. The highest BCUT2D eigenvalue weighted by atomic mass is 32.2. The van der Waals surface area contributed by atoms with Gasteiger partial charge in [-0.1, -0.05) is 18.2 Å². The van der Waals surface area contributed by atoms with Gasteiger partial charge in [-0.25, -0.2) is 13.6 Å². The summed E-state index contributed by atoms with van der Waals surface area (Å²) in [6.07, 6.45) is 0. The van der Waals surface area contributed by atoms with Crippen molar-refractivity contribution >= 4 is 37.4 Å². The van der Waals surface area contributed by atoms with E-state index in [-0.39, 0.29) is 5.76 Å². The second kappa shape index (κ2) is 5.56. The van der Waals surface area contributed by atoms with Crippen molar-refractivity contribution in [1.82, 2.24) is 5.32 Å². The number of nitrogens with two attached hydrogens (primary N) is 1. The third-order valence-corrected chi connectivity index (χ3v) is 4.88. The Morgan fingerprint density at radius 1 is 1.23 bits per heavy atom. The van der Waals surface area contributed by atoms with Crippen LogP contribution in [0.1, 0.15) is 16.1 Å². The van der Waals surface area contributed by atoms with Gasteiger partial charge in [-0.3, -0.25) is 4.79 Å². The maximum atomic E-state index is 12.0. The van der Waals surface area contributed by atoms with E-state index < -0.39 is 21.0 Å². The fraction of sp³-hybridized carbons (Fsp3) is 0.0714. The maximum absolute atomic E-state index is 12.0. The van der Waals surface area contributed by atoms with E-state index in [0.29, 0.717) is 6.54 Å². The van der Waals surface area contributed by atoms with E-state index >= 15 is 0 Å². The molecule has 0 unspecified atom stereocenters. The van der Waals surface area contributed by atoms with Gasteiger partial charge in [-0.15, -0.1) is 11.3 Å². The van der Waals surface area contributed by atoms with Gasteiger partial charge in [0.2, 0.25) is 5.09 Å². The van der Waals surface area contributed by atoms with Crippen LogP contribution in [0.15, 0.2) is 51.3 Å². The summed E-state index contributed by atoms with van der Waals surface area (Å²) in [5, 5.41) is 10.3. The summed E-state index contributed by atoms with van der Waals surface area (Å²) >= 11 is 1.60. The minimum atomic E-state index is -3.95. The van der Waals surface area contributed by atoms with Crippen molar-refractivity contribution in [2.24, 2.45) is 5.14 Å². The number of nitrogens with one attached hydrogen (secondary N) is 1. The third-order valence-electron chi connectivity index (χ3n) is 3.09. The summed E-state index contributed by atoms with van der Waals surface area (Å²) in [6.45, 7) is 0.328. The molecule has 0 radical (unpaired) electrons. The van der Waals surface area contributed by atoms with Gasteiger partial charge in [-0.05, 0) is 34.5 Å². The molecule has 1 amide bonds. The van der Waals surface area contributed by atoms with Gasteiger partial charge >= 0.3 is 0 Å². The van der Waals surface area contributed by atoms with E-state index in [9.17, 15) is 13.2 Å². The number of benzene rings is 1. The van der Waals surface area contributed by atoms with Crippen LogP contribution in [-0.2, 0) is 16.6 Å². The second-order valence-electron chi connectivity index (χ2n) is 4.60. The molecule has 2 aromatic heterocycles. The van der Waals surface area contributed by atoms with Crippen LogP contribution in [-0.4, -0.2) is 14.3 Å². The monoisotopic (exact) mass is 336 g/mol. The van der Waals surface area contributed by atoms with E-state index in [0.717, 1.165) is 21.7 Å². The van der Waals surface area contributed by atoms with Gasteiger partial charge in [0.05, 0.1) is 0 Å². The zero-order valence-corrected chi connectivity index (χ0v) is 12.9. The number of furan rings is 1. The van der Waals surface area contributed by atoms with Gasteiger partial charge in [0, 0.05) is 11.2 Å². The van der Waals surface area contributed by atoms with Crippen molar-refractivity contribution in [3.8, 4) is 0 Å². The molecule has 0 saturated carbocycles. The zero-order chi connectivity index (χ0) is 15.7. The molecule has 3 rings (SSSR count). The van der Waals surface area contributed by atoms with Crippen LogP contribution in [0.25, 0.3) is 10.1 Å². The molecule has 0 spiro atoms. The average molecular weight is 336 g/mol. The van der Waals surface area contributed by atoms with Gasteiger partial charge < -0.3 is 9.73 Å². The topological polar surface area (TPSA) is 102 Å². The lowest BCUT2D eigenvalue weighted by molar-refractivity contribution is 0.0918. The Kier molecular flexibility index (Phi) is 3.73. The number of hydrogen-bond donors (Lipinski definition) is 2. The molecular weight excluding hydrogens is 324 g/mol. The molecule has 0 aliphatic rings. The quantitative estimate of drug-likeness (QED) is 0.761. The van der Waals surface area contributed by atoms with E-state index in [1.165, 1.54) is 6.07 Å². The largest absolute Gasteiger partial charge is 0.438 e. The van der Waals surface area contributed by atoms with Crippen LogP contribution in [0.2, 0.25) is 0 Å². The molecule has 6 nitrogen and oxygen atoms in total. The lowest BCUT2D eigenvalue weighted by Gasteiger charge is -2.02. The Morgan fingerprint density at radius 3 is 2.73 bits per heavy atom. The van der Waals surface area contributed by atoms with Crippen LogP contribution < -0.4 is 10.5 Å². The SMILES string of the molecule is NS(=O)(=O)c1ccc(C(=O)NCc2csc3ccccc23)o1. The molecule has 1 aromatic carbocycles. The summed E-state index contributed by atoms with van der Waals surface area (Å²) in [4.78, 5) is 12.0. The Morgan fingerprint density at radius 2 is 2.00 bits per heavy atom. The standard InChI is InChI=1S/C14H12N2O4S2/c15-22(18,19)13-6-5-11(20-13)14(17)16-7-9-8-21-12-4-2-1-3-10(9)12/h1-6,8H,7H2,(H,16,17)(H2,15,18,19). The molecule has 0 aliphatic heterocycles. The lowest BCUT2D eigenvalue weighted by Crippen LogP contribution is -2.22. The predicted molar refractivity (Wildman–Crippen MR) is 83.1 cm³/mol. The number of sulfonamides is 1. The van der Waals surface area contributed by atoms with Crippen molar-refractivity contribution in [3.63, 3.8) is 0 Å². The van der Waals surface area contributed by atoms with E-state index in [2.05, 4.69) is 5.32 Å². The Balaban J connectivity index is 1.74. The molecule has 8 heteroatoms. The summed E-state index contributed by atoms with van der Waals surface area (Å²) in [5.41, 5.74) is 0.993. The van der Waals surface area contributed by atoms with Crippen molar-refractivity contribution in [1.29, 1.82) is 0 Å². The van der Waals surface area contributed by atoms with Crippen molar-refractivity contribution in [2.45, 2.75) is 11.6 Å². The first kappa shape index (κ1) is 14.8. The number of primary sulfonamides is 1. The fourth-order valence-corrected chi connectivity index (χ4v) is 3.45. The Hall–Kier alpha value is -2.16. The second-order valence-corrected chi connectivity index (χ2v) is 7.01. The number of hydrogen-bond acceptors (Lipinski definition) is 5. The minimum Gasteiger partial charge on any atom is -0.438 e. The smallest absolute Gasteiger partial charge is 0.287 e. The lowest BCUT2D eigenvalue weighted by atomic mass is 10.2. The highest BCUT2D eigenvalue weighted by Gasteiger charge is 2.17. The number of fused-ring (bicyclic) bond motifs is 1. The third kappa shape index (κ3) is 2.89. The molecule has 0 aliphatic carbocycles. The summed E-state index contributed by atoms with van der Waals surface area (Å²) in [5.74, 6) is -0.589. The molecule has 0 bridgehead atoms. The Bertz CT molecular complexity index is 941. The van der Waals surface area contributed by atoms with Gasteiger partial charge in [0.15, 0.2) is 5.76 Å². The number of rotatable bonds is 4. The van der Waals surface area contributed by atoms with Crippen molar-refractivity contribution < 1.29 is 17.6 Å². The van der Waals surface area contributed by atoms with Gasteiger partial charge in [0.1, 0.15) is 0 Å². The minimum absolute atomic E-state index is 0.0939. The van der Waals surface area contributed by atoms with Gasteiger partial charge in [-0.2, -0.15) is 0 Å². The molecule has 3 N–H and O–H groups in total. The number of carbonyl (C=O) groups is 1. The average Bonchev–Trinajstić information content (AvgIpc) is 3.11. The fourth-order valence-electron chi connectivity index (χ4n) is 2.03. The van der Waals surface area contributed by atoms with Crippen LogP contribution >= 0.6 is 11.3 Å². The zero-order valence-electron chi connectivity index (χ0n) is 11.3. The molecular formula is C14H12N2O4S2. The van der Waals surface area contributed by atoms with Crippen LogP contribution in [0.3, 0.4) is 0 Å². The molecule has 0 saturated heterocycles. The highest BCUT2D eigenvalue weighted by Crippen LogP contribution is 2.25. The van der Waals surface area contributed by atoms with Gasteiger partial charge in [0.25, 0.3) is 15.9 Å². The number of carbonyl (C=O) groups excluding carboxylic acids is 1. The molecule has 3 aromatic rings. The first-order valence-corrected chi connectivity index (χ1v) is 8.74. The molecule has 0 atom stereocenters. The van der Waals surface area contributed by atoms with Crippen LogP contribution in [0.4, 0.5) is 0 Å². The number of amides is 1. The number of thiophene rings is 1. The van der Waals surface area contributed by atoms with Crippen LogP contribution in [0.5, 0.6) is 0 Å². The molecule has 114 valence electrons.